The maximum absolute atomic E-state index is 14.5. The summed E-state index contributed by atoms with van der Waals surface area (Å²) in [4.78, 5) is 12.0. The van der Waals surface area contributed by atoms with Crippen molar-refractivity contribution in [1.29, 1.82) is 0 Å². The Labute approximate surface area is 144 Å². The summed E-state index contributed by atoms with van der Waals surface area (Å²) in [5.41, 5.74) is 3.29. The van der Waals surface area contributed by atoms with E-state index in [1.165, 1.54) is 25.3 Å². The molecule has 1 fully saturated rings. The highest BCUT2D eigenvalue weighted by atomic mass is 19.1. The van der Waals surface area contributed by atoms with Crippen LogP contribution >= 0.6 is 0 Å². The van der Waals surface area contributed by atoms with Gasteiger partial charge in [-0.15, -0.1) is 0 Å². The number of H-pyrrole nitrogens is 1. The van der Waals surface area contributed by atoms with E-state index in [1.54, 1.807) is 12.3 Å². The van der Waals surface area contributed by atoms with Crippen molar-refractivity contribution >= 4 is 21.9 Å². The molecule has 1 aliphatic carbocycles. The summed E-state index contributed by atoms with van der Waals surface area (Å²) in [5.74, 6) is -0.277. The van der Waals surface area contributed by atoms with E-state index in [4.69, 9.17) is 0 Å². The molecular weight excluding hydrogens is 315 g/mol. The van der Waals surface area contributed by atoms with E-state index in [2.05, 4.69) is 25.6 Å². The van der Waals surface area contributed by atoms with Gasteiger partial charge in [0.05, 0.1) is 11.2 Å². The number of hydrogen-bond donors (Lipinski definition) is 1. The Balaban J connectivity index is 1.86. The van der Waals surface area contributed by atoms with Crippen LogP contribution in [0.2, 0.25) is 0 Å². The van der Waals surface area contributed by atoms with Gasteiger partial charge in [-0.3, -0.25) is 4.98 Å². The molecule has 0 radical (unpaired) electrons. The van der Waals surface area contributed by atoms with Crippen molar-refractivity contribution in [3.63, 3.8) is 0 Å². The van der Waals surface area contributed by atoms with E-state index in [9.17, 15) is 4.39 Å². The Kier molecular flexibility index (Phi) is 3.33. The first-order valence-electron chi connectivity index (χ1n) is 8.91. The van der Waals surface area contributed by atoms with Crippen LogP contribution in [0, 0.1) is 5.82 Å². The Morgan fingerprint density at radius 2 is 2.00 bits per heavy atom. The molecule has 0 bridgehead atoms. The molecule has 4 nitrogen and oxygen atoms in total. The Morgan fingerprint density at radius 3 is 2.84 bits per heavy atom. The van der Waals surface area contributed by atoms with E-state index in [0.29, 0.717) is 11.7 Å². The first kappa shape index (κ1) is 14.6. The summed E-state index contributed by atoms with van der Waals surface area (Å²) >= 11 is 0. The fourth-order valence-corrected chi connectivity index (χ4v) is 4.20. The van der Waals surface area contributed by atoms with Crippen LogP contribution in [0.1, 0.15) is 38.1 Å². The molecule has 0 aromatic carbocycles. The van der Waals surface area contributed by atoms with E-state index < -0.39 is 0 Å². The van der Waals surface area contributed by atoms with Gasteiger partial charge in [0.2, 0.25) is 0 Å². The highest BCUT2D eigenvalue weighted by Crippen LogP contribution is 2.39. The predicted molar refractivity (Wildman–Crippen MR) is 96.9 cm³/mol. The molecule has 5 rings (SSSR count). The van der Waals surface area contributed by atoms with Gasteiger partial charge in [0.25, 0.3) is 0 Å². The molecule has 0 amide bonds. The molecule has 4 aromatic heterocycles. The second-order valence-electron chi connectivity index (χ2n) is 6.83. The second kappa shape index (κ2) is 5.69. The van der Waals surface area contributed by atoms with Crippen LogP contribution in [0.15, 0.2) is 42.9 Å². The number of nitrogens with zero attached hydrogens (tertiary/aromatic N) is 3. The minimum atomic E-state index is -0.277. The predicted octanol–water partition coefficient (Wildman–Crippen LogP) is 5.22. The van der Waals surface area contributed by atoms with Crippen LogP contribution in [-0.4, -0.2) is 19.5 Å². The molecular formula is C20H19FN4. The van der Waals surface area contributed by atoms with Crippen LogP contribution in [0.4, 0.5) is 4.39 Å². The number of halogens is 1. The van der Waals surface area contributed by atoms with Crippen molar-refractivity contribution in [2.24, 2.45) is 0 Å². The van der Waals surface area contributed by atoms with Crippen LogP contribution in [0.5, 0.6) is 0 Å². The number of aromatic nitrogens is 4. The van der Waals surface area contributed by atoms with Crippen molar-refractivity contribution in [2.45, 2.75) is 38.1 Å². The molecule has 0 atom stereocenters. The average molecular weight is 334 g/mol. The lowest BCUT2D eigenvalue weighted by Crippen LogP contribution is -2.14. The molecule has 1 saturated carbocycles. The van der Waals surface area contributed by atoms with Crippen LogP contribution in [0.25, 0.3) is 33.3 Å². The van der Waals surface area contributed by atoms with Crippen LogP contribution < -0.4 is 0 Å². The number of aromatic amines is 1. The summed E-state index contributed by atoms with van der Waals surface area (Å²) in [6.07, 6.45) is 11.4. The molecule has 5 heteroatoms. The van der Waals surface area contributed by atoms with Gasteiger partial charge in [0, 0.05) is 35.4 Å². The third kappa shape index (κ3) is 2.26. The number of fused-ring (bicyclic) bond motifs is 3. The third-order valence-electron chi connectivity index (χ3n) is 5.32. The molecule has 4 aromatic rings. The SMILES string of the molecule is Fc1cccnc1-c1cc2cnc3[nH]ccc3c2n1C1CCCCC1. The molecule has 126 valence electrons. The lowest BCUT2D eigenvalue weighted by molar-refractivity contribution is 0.363. The first-order valence-corrected chi connectivity index (χ1v) is 8.91. The maximum Gasteiger partial charge on any atom is 0.150 e. The van der Waals surface area contributed by atoms with Crippen molar-refractivity contribution in [3.8, 4) is 11.4 Å². The Bertz CT molecular complexity index is 1060. The maximum atomic E-state index is 14.5. The monoisotopic (exact) mass is 334 g/mol. The number of pyridine rings is 2. The van der Waals surface area contributed by atoms with Crippen molar-refractivity contribution in [1.82, 2.24) is 19.5 Å². The minimum absolute atomic E-state index is 0.277. The molecule has 4 heterocycles. The Hall–Kier alpha value is -2.69. The van der Waals surface area contributed by atoms with Gasteiger partial charge in [-0.2, -0.15) is 0 Å². The van der Waals surface area contributed by atoms with E-state index >= 15 is 0 Å². The fourth-order valence-electron chi connectivity index (χ4n) is 4.20. The molecule has 0 aliphatic heterocycles. The fraction of sp³-hybridized carbons (Fsp3) is 0.300. The highest BCUT2D eigenvalue weighted by Gasteiger charge is 2.24. The van der Waals surface area contributed by atoms with Crippen molar-refractivity contribution in [3.05, 3.63) is 48.7 Å². The zero-order valence-corrected chi connectivity index (χ0v) is 13.9. The van der Waals surface area contributed by atoms with E-state index in [-0.39, 0.29) is 5.82 Å². The van der Waals surface area contributed by atoms with Gasteiger partial charge >= 0.3 is 0 Å². The zero-order valence-electron chi connectivity index (χ0n) is 13.9. The van der Waals surface area contributed by atoms with E-state index in [0.717, 1.165) is 40.5 Å². The standard InChI is InChI=1S/C20H19FN4/c21-16-7-4-9-22-18(16)17-11-13-12-24-20-15(8-10-23-20)19(13)25(17)14-5-2-1-3-6-14/h4,7-12,14H,1-3,5-6H2,(H,23,24). The van der Waals surface area contributed by atoms with Gasteiger partial charge in [-0.1, -0.05) is 19.3 Å². The number of rotatable bonds is 2. The molecule has 25 heavy (non-hydrogen) atoms. The smallest absolute Gasteiger partial charge is 0.150 e. The number of hydrogen-bond acceptors (Lipinski definition) is 2. The molecule has 0 unspecified atom stereocenters. The molecule has 0 saturated heterocycles. The molecule has 0 spiro atoms. The van der Waals surface area contributed by atoms with Crippen LogP contribution in [-0.2, 0) is 0 Å². The van der Waals surface area contributed by atoms with E-state index in [1.807, 2.05) is 18.5 Å². The Morgan fingerprint density at radius 1 is 1.12 bits per heavy atom. The van der Waals surface area contributed by atoms with Crippen molar-refractivity contribution < 1.29 is 4.39 Å². The van der Waals surface area contributed by atoms with Gasteiger partial charge in [0.15, 0.2) is 5.82 Å². The van der Waals surface area contributed by atoms with Gasteiger partial charge in [0.1, 0.15) is 11.3 Å². The lowest BCUT2D eigenvalue weighted by Gasteiger charge is -2.26. The summed E-state index contributed by atoms with van der Waals surface area (Å²) in [5, 5.41) is 2.13. The summed E-state index contributed by atoms with van der Waals surface area (Å²) in [7, 11) is 0. The molecule has 1 N–H and O–H groups in total. The minimum Gasteiger partial charge on any atom is -0.346 e. The largest absolute Gasteiger partial charge is 0.346 e. The number of nitrogens with one attached hydrogen (secondary N) is 1. The third-order valence-corrected chi connectivity index (χ3v) is 5.32. The summed E-state index contributed by atoms with van der Waals surface area (Å²) in [6, 6.07) is 7.59. The lowest BCUT2D eigenvalue weighted by atomic mass is 9.95. The summed E-state index contributed by atoms with van der Waals surface area (Å²) in [6.45, 7) is 0. The zero-order chi connectivity index (χ0) is 16.8. The van der Waals surface area contributed by atoms with Crippen molar-refractivity contribution in [2.75, 3.05) is 0 Å². The second-order valence-corrected chi connectivity index (χ2v) is 6.83. The topological polar surface area (TPSA) is 46.5 Å². The van der Waals surface area contributed by atoms with Crippen LogP contribution in [0.3, 0.4) is 0 Å². The van der Waals surface area contributed by atoms with Gasteiger partial charge in [-0.05, 0) is 37.1 Å². The van der Waals surface area contributed by atoms with Gasteiger partial charge in [-0.25, -0.2) is 9.37 Å². The quantitative estimate of drug-likeness (QED) is 0.546. The first-order chi connectivity index (χ1) is 12.3. The average Bonchev–Trinajstić information content (AvgIpc) is 3.26. The normalized spacial score (nSPS) is 16.0. The molecule has 1 aliphatic rings. The van der Waals surface area contributed by atoms with Gasteiger partial charge < -0.3 is 9.55 Å². The highest BCUT2D eigenvalue weighted by molar-refractivity contribution is 6.04. The summed E-state index contributed by atoms with van der Waals surface area (Å²) < 4.78 is 16.8.